The Morgan fingerprint density at radius 1 is 1.10 bits per heavy atom. The van der Waals surface area contributed by atoms with Crippen molar-refractivity contribution >= 4 is 21.8 Å². The third-order valence-electron chi connectivity index (χ3n) is 3.04. The Balaban J connectivity index is 2.20. The van der Waals surface area contributed by atoms with Crippen molar-refractivity contribution in [3.8, 4) is 5.40 Å². The first-order valence-electron chi connectivity index (χ1n) is 6.22. The van der Waals surface area contributed by atoms with Gasteiger partial charge in [0.15, 0.2) is 0 Å². The Morgan fingerprint density at radius 2 is 1.71 bits per heavy atom. The monoisotopic (exact) mass is 318 g/mol. The van der Waals surface area contributed by atoms with Crippen LogP contribution in [0.5, 0.6) is 0 Å². The molecule has 0 bridgehead atoms. The lowest BCUT2D eigenvalue weighted by molar-refractivity contribution is 0.598. The summed E-state index contributed by atoms with van der Waals surface area (Å²) in [5, 5.41) is 16.1. The van der Waals surface area contributed by atoms with E-state index in [9.17, 15) is 8.42 Å². The fourth-order valence-corrected chi connectivity index (χ4v) is 3.20. The third-order valence-corrected chi connectivity index (χ3v) is 4.80. The van der Waals surface area contributed by atoms with Crippen LogP contribution in [0.25, 0.3) is 0 Å². The maximum absolute atomic E-state index is 11.2. The molecule has 0 amide bonds. The van der Waals surface area contributed by atoms with E-state index in [1.807, 2.05) is 30.3 Å². The molecule has 0 radical (unpaired) electrons. The second-order valence-electron chi connectivity index (χ2n) is 4.50. The molecule has 2 N–H and O–H groups in total. The summed E-state index contributed by atoms with van der Waals surface area (Å²) in [5.41, 5.74) is 2.03. The van der Waals surface area contributed by atoms with E-state index in [0.717, 1.165) is 11.1 Å². The molecule has 1 atom stereocenters. The van der Waals surface area contributed by atoms with Crippen LogP contribution in [0.1, 0.15) is 16.4 Å². The van der Waals surface area contributed by atoms with E-state index >= 15 is 0 Å². The largest absolute Gasteiger partial charge is 0.238 e. The van der Waals surface area contributed by atoms with Crippen LogP contribution in [-0.2, 0) is 16.4 Å². The Hall–Kier alpha value is -1.81. The van der Waals surface area contributed by atoms with Gasteiger partial charge in [-0.15, -0.1) is 0 Å². The van der Waals surface area contributed by atoms with E-state index < -0.39 is 10.0 Å². The zero-order chi connectivity index (χ0) is 15.3. The summed E-state index contributed by atoms with van der Waals surface area (Å²) < 4.78 is 22.4. The van der Waals surface area contributed by atoms with Gasteiger partial charge in [-0.05, 0) is 41.4 Å². The summed E-state index contributed by atoms with van der Waals surface area (Å²) in [6, 6.07) is 16.2. The Bertz CT molecular complexity index is 735. The normalized spacial score (nSPS) is 12.6. The minimum absolute atomic E-state index is 0.0107. The van der Waals surface area contributed by atoms with Gasteiger partial charge >= 0.3 is 0 Å². The summed E-state index contributed by atoms with van der Waals surface area (Å²) >= 11 is 1.20. The summed E-state index contributed by atoms with van der Waals surface area (Å²) in [6.07, 6.45) is 0.646. The molecular formula is C15H14N2O2S2. The molecule has 6 heteroatoms. The highest BCUT2D eigenvalue weighted by atomic mass is 32.2. The van der Waals surface area contributed by atoms with E-state index in [1.54, 1.807) is 12.1 Å². The number of nitriles is 1. The molecule has 21 heavy (non-hydrogen) atoms. The number of rotatable bonds is 5. The highest BCUT2D eigenvalue weighted by Crippen LogP contribution is 2.31. The number of hydrogen-bond acceptors (Lipinski definition) is 4. The number of nitrogens with zero attached hydrogens (tertiary/aromatic N) is 1. The second kappa shape index (κ2) is 6.76. The molecule has 1 unspecified atom stereocenters. The molecule has 0 aliphatic rings. The SMILES string of the molecule is N#CSC(Cc1ccc(S(N)(=O)=O)cc1)c1ccccc1. The van der Waals surface area contributed by atoms with Crippen LogP contribution in [0.3, 0.4) is 0 Å². The lowest BCUT2D eigenvalue weighted by atomic mass is 10.0. The topological polar surface area (TPSA) is 83.9 Å². The van der Waals surface area contributed by atoms with Crippen molar-refractivity contribution in [1.29, 1.82) is 5.26 Å². The highest BCUT2D eigenvalue weighted by Gasteiger charge is 2.14. The van der Waals surface area contributed by atoms with Crippen LogP contribution in [0, 0.1) is 10.7 Å². The van der Waals surface area contributed by atoms with E-state index in [-0.39, 0.29) is 10.1 Å². The van der Waals surface area contributed by atoms with E-state index in [0.29, 0.717) is 6.42 Å². The maximum atomic E-state index is 11.2. The van der Waals surface area contributed by atoms with Crippen molar-refractivity contribution in [2.75, 3.05) is 0 Å². The first-order chi connectivity index (χ1) is 10.0. The number of benzene rings is 2. The zero-order valence-electron chi connectivity index (χ0n) is 11.1. The van der Waals surface area contributed by atoms with E-state index in [1.165, 1.54) is 23.9 Å². The van der Waals surface area contributed by atoms with Gasteiger partial charge in [0.2, 0.25) is 10.0 Å². The molecule has 0 aliphatic carbocycles. The van der Waals surface area contributed by atoms with Crippen LogP contribution < -0.4 is 5.14 Å². The van der Waals surface area contributed by atoms with Crippen LogP contribution >= 0.6 is 11.8 Å². The summed E-state index contributed by atoms with van der Waals surface area (Å²) in [7, 11) is -3.67. The number of thioether (sulfide) groups is 1. The van der Waals surface area contributed by atoms with Crippen molar-refractivity contribution in [1.82, 2.24) is 0 Å². The third kappa shape index (κ3) is 4.33. The first-order valence-corrected chi connectivity index (χ1v) is 8.65. The molecule has 108 valence electrons. The van der Waals surface area contributed by atoms with Crippen LogP contribution in [0.2, 0.25) is 0 Å². The van der Waals surface area contributed by atoms with Crippen molar-refractivity contribution in [2.24, 2.45) is 5.14 Å². The Morgan fingerprint density at radius 3 is 2.24 bits per heavy atom. The van der Waals surface area contributed by atoms with Gasteiger partial charge in [-0.2, -0.15) is 5.26 Å². The van der Waals surface area contributed by atoms with Gasteiger partial charge in [0.1, 0.15) is 5.40 Å². The van der Waals surface area contributed by atoms with Crippen LogP contribution in [0.4, 0.5) is 0 Å². The first kappa shape index (κ1) is 15.6. The van der Waals surface area contributed by atoms with Gasteiger partial charge in [-0.1, -0.05) is 42.5 Å². The quantitative estimate of drug-likeness (QED) is 0.859. The molecule has 0 heterocycles. The number of nitrogens with two attached hydrogens (primary N) is 1. The number of hydrogen-bond donors (Lipinski definition) is 1. The number of sulfonamides is 1. The maximum Gasteiger partial charge on any atom is 0.238 e. The number of thiocyanates is 1. The number of primary sulfonamides is 1. The van der Waals surface area contributed by atoms with Crippen molar-refractivity contribution in [3.63, 3.8) is 0 Å². The summed E-state index contributed by atoms with van der Waals surface area (Å²) in [4.78, 5) is 0.0930. The lowest BCUT2D eigenvalue weighted by Gasteiger charge is -2.13. The van der Waals surface area contributed by atoms with Crippen molar-refractivity contribution < 1.29 is 8.42 Å². The van der Waals surface area contributed by atoms with Crippen molar-refractivity contribution in [3.05, 3.63) is 65.7 Å². The van der Waals surface area contributed by atoms with Gasteiger partial charge in [-0.25, -0.2) is 13.6 Å². The molecule has 0 saturated heterocycles. The molecule has 2 rings (SSSR count). The molecule has 0 aliphatic heterocycles. The minimum Gasteiger partial charge on any atom is -0.225 e. The van der Waals surface area contributed by atoms with E-state index in [4.69, 9.17) is 10.4 Å². The molecule has 0 fully saturated rings. The predicted octanol–water partition coefficient (Wildman–Crippen LogP) is 2.83. The predicted molar refractivity (Wildman–Crippen MR) is 83.9 cm³/mol. The molecule has 2 aromatic rings. The molecular weight excluding hydrogens is 304 g/mol. The zero-order valence-corrected chi connectivity index (χ0v) is 12.8. The molecule has 0 spiro atoms. The molecule has 2 aromatic carbocycles. The van der Waals surface area contributed by atoms with Gasteiger partial charge in [0, 0.05) is 5.25 Å². The Kier molecular flexibility index (Phi) is 5.02. The van der Waals surface area contributed by atoms with E-state index in [2.05, 4.69) is 5.40 Å². The standard InChI is InChI=1S/C15H14N2O2S2/c16-11-20-15(13-4-2-1-3-5-13)10-12-6-8-14(9-7-12)21(17,18)19/h1-9,15H,10H2,(H2,17,18,19). The van der Waals surface area contributed by atoms with Gasteiger partial charge < -0.3 is 0 Å². The van der Waals surface area contributed by atoms with Crippen LogP contribution in [0.15, 0.2) is 59.5 Å². The fraction of sp³-hybridized carbons (Fsp3) is 0.133. The average molecular weight is 318 g/mol. The molecule has 0 aromatic heterocycles. The second-order valence-corrected chi connectivity index (χ2v) is 7.05. The Labute approximate surface area is 128 Å². The van der Waals surface area contributed by atoms with Gasteiger partial charge in [0.25, 0.3) is 0 Å². The smallest absolute Gasteiger partial charge is 0.225 e. The van der Waals surface area contributed by atoms with Gasteiger partial charge in [-0.3, -0.25) is 0 Å². The summed E-state index contributed by atoms with van der Waals surface area (Å²) in [6.45, 7) is 0. The summed E-state index contributed by atoms with van der Waals surface area (Å²) in [5.74, 6) is 0. The molecule has 4 nitrogen and oxygen atoms in total. The highest BCUT2D eigenvalue weighted by molar-refractivity contribution is 8.03. The fourth-order valence-electron chi connectivity index (χ4n) is 1.99. The molecule has 0 saturated carbocycles. The van der Waals surface area contributed by atoms with Crippen molar-refractivity contribution in [2.45, 2.75) is 16.6 Å². The lowest BCUT2D eigenvalue weighted by Crippen LogP contribution is -2.12. The van der Waals surface area contributed by atoms with Crippen LogP contribution in [-0.4, -0.2) is 8.42 Å². The van der Waals surface area contributed by atoms with Gasteiger partial charge in [0.05, 0.1) is 4.90 Å². The minimum atomic E-state index is -3.67. The average Bonchev–Trinajstić information content (AvgIpc) is 2.47.